The molecule has 1 aliphatic carbocycles. The summed E-state index contributed by atoms with van der Waals surface area (Å²) in [6.45, 7) is 3.18. The van der Waals surface area contributed by atoms with Crippen molar-refractivity contribution in [2.45, 2.75) is 57.0 Å². The second-order valence-corrected chi connectivity index (χ2v) is 9.64. The average Bonchev–Trinajstić information content (AvgIpc) is 2.89. The summed E-state index contributed by atoms with van der Waals surface area (Å²) in [4.78, 5) is 23.0. The Balaban J connectivity index is 1.35. The number of benzene rings is 1. The van der Waals surface area contributed by atoms with Crippen LogP contribution in [0.25, 0.3) is 0 Å². The number of aromatic nitrogens is 1. The monoisotopic (exact) mass is 443 g/mol. The smallest absolute Gasteiger partial charge is 0.155 e. The zero-order valence-corrected chi connectivity index (χ0v) is 19.2. The van der Waals surface area contributed by atoms with Gasteiger partial charge < -0.3 is 10.2 Å². The maximum absolute atomic E-state index is 13.9. The van der Waals surface area contributed by atoms with E-state index in [-0.39, 0.29) is 18.0 Å². The van der Waals surface area contributed by atoms with Gasteiger partial charge in [-0.1, -0.05) is 37.5 Å². The number of anilines is 2. The number of hydrogen-bond acceptors (Lipinski definition) is 6. The van der Waals surface area contributed by atoms with E-state index >= 15 is 0 Å². The van der Waals surface area contributed by atoms with E-state index in [1.807, 2.05) is 12.1 Å². The highest BCUT2D eigenvalue weighted by atomic mass is 16.1. The molecule has 6 heteroatoms. The molecule has 1 aromatic carbocycles. The summed E-state index contributed by atoms with van der Waals surface area (Å²) in [6, 6.07) is 14.5. The summed E-state index contributed by atoms with van der Waals surface area (Å²) in [5.74, 6) is 1.40. The predicted octanol–water partition coefficient (Wildman–Crippen LogP) is 4.02. The summed E-state index contributed by atoms with van der Waals surface area (Å²) >= 11 is 0. The Labute approximate surface area is 196 Å². The maximum atomic E-state index is 13.9. The van der Waals surface area contributed by atoms with E-state index < -0.39 is 0 Å². The van der Waals surface area contributed by atoms with Gasteiger partial charge in [0.2, 0.25) is 0 Å². The molecule has 0 radical (unpaired) electrons. The van der Waals surface area contributed by atoms with Crippen LogP contribution in [0.2, 0.25) is 0 Å². The van der Waals surface area contributed by atoms with Crippen LogP contribution in [0.1, 0.15) is 49.7 Å². The van der Waals surface area contributed by atoms with Crippen LogP contribution in [0.3, 0.4) is 0 Å². The van der Waals surface area contributed by atoms with E-state index in [4.69, 9.17) is 0 Å². The summed E-state index contributed by atoms with van der Waals surface area (Å²) in [7, 11) is 0. The van der Waals surface area contributed by atoms with E-state index in [2.05, 4.69) is 50.4 Å². The first-order chi connectivity index (χ1) is 16.2. The lowest BCUT2D eigenvalue weighted by Crippen LogP contribution is -2.60. The fraction of sp³-hybridized carbons (Fsp3) is 0.519. The summed E-state index contributed by atoms with van der Waals surface area (Å²) in [5, 5.41) is 13.2. The highest BCUT2D eigenvalue weighted by molar-refractivity contribution is 5.88. The number of carbonyl (C=O) groups excluding carboxylic acids is 1. The van der Waals surface area contributed by atoms with Gasteiger partial charge in [-0.25, -0.2) is 4.98 Å². The van der Waals surface area contributed by atoms with Crippen molar-refractivity contribution in [2.75, 3.05) is 36.4 Å². The van der Waals surface area contributed by atoms with Gasteiger partial charge in [0, 0.05) is 50.0 Å². The number of nitrogens with one attached hydrogen (secondary N) is 1. The lowest BCUT2D eigenvalue weighted by molar-refractivity contribution is -0.130. The summed E-state index contributed by atoms with van der Waals surface area (Å²) < 4.78 is 0. The second-order valence-electron chi connectivity index (χ2n) is 9.64. The van der Waals surface area contributed by atoms with Crippen molar-refractivity contribution in [1.29, 1.82) is 5.26 Å². The first kappa shape index (κ1) is 21.9. The number of aryl methyl sites for hydroxylation is 1. The van der Waals surface area contributed by atoms with Gasteiger partial charge in [-0.3, -0.25) is 9.69 Å². The molecule has 5 rings (SSSR count). The largest absolute Gasteiger partial charge is 0.380 e. The Morgan fingerprint density at radius 2 is 1.82 bits per heavy atom. The van der Waals surface area contributed by atoms with E-state index in [0.29, 0.717) is 11.3 Å². The molecule has 1 saturated heterocycles. The molecule has 3 heterocycles. The number of nitrogens with zero attached hydrogens (tertiary/aromatic N) is 4. The number of carbonyl (C=O) groups is 1. The third kappa shape index (κ3) is 4.60. The summed E-state index contributed by atoms with van der Waals surface area (Å²) in [5.41, 5.74) is 3.15. The third-order valence-corrected chi connectivity index (χ3v) is 7.68. The molecule has 1 N–H and O–H groups in total. The highest BCUT2D eigenvalue weighted by Gasteiger charge is 2.40. The Kier molecular flexibility index (Phi) is 6.59. The first-order valence-electron chi connectivity index (χ1n) is 12.5. The molecule has 2 atom stereocenters. The van der Waals surface area contributed by atoms with Crippen molar-refractivity contribution in [3.05, 3.63) is 53.7 Å². The van der Waals surface area contributed by atoms with E-state index in [0.717, 1.165) is 57.7 Å². The van der Waals surface area contributed by atoms with Crippen LogP contribution in [0.4, 0.5) is 11.5 Å². The van der Waals surface area contributed by atoms with Gasteiger partial charge in [-0.2, -0.15) is 5.26 Å². The lowest BCUT2D eigenvalue weighted by Gasteiger charge is -2.44. The molecule has 6 nitrogen and oxygen atoms in total. The van der Waals surface area contributed by atoms with Crippen molar-refractivity contribution in [1.82, 2.24) is 9.88 Å². The van der Waals surface area contributed by atoms with Crippen LogP contribution in [-0.4, -0.2) is 53.9 Å². The average molecular weight is 444 g/mol. The Bertz CT molecular complexity index is 1020. The Morgan fingerprint density at radius 1 is 1.03 bits per heavy atom. The van der Waals surface area contributed by atoms with Gasteiger partial charge in [0.25, 0.3) is 0 Å². The number of piperazine rings is 1. The number of hydrogen-bond donors (Lipinski definition) is 1. The van der Waals surface area contributed by atoms with Crippen molar-refractivity contribution in [3.8, 4) is 6.07 Å². The molecule has 3 aliphatic rings. The van der Waals surface area contributed by atoms with Gasteiger partial charge in [-0.05, 0) is 49.4 Å². The highest BCUT2D eigenvalue weighted by Crippen LogP contribution is 2.32. The molecule has 0 spiro atoms. The van der Waals surface area contributed by atoms with Crippen molar-refractivity contribution in [2.24, 2.45) is 5.92 Å². The van der Waals surface area contributed by atoms with Crippen LogP contribution >= 0.6 is 0 Å². The van der Waals surface area contributed by atoms with Crippen LogP contribution in [-0.2, 0) is 11.2 Å². The zero-order valence-electron chi connectivity index (χ0n) is 19.2. The number of pyridine rings is 1. The molecule has 0 amide bonds. The molecular formula is C27H33N5O. The number of ketones is 1. The molecule has 2 aliphatic heterocycles. The molecule has 33 heavy (non-hydrogen) atoms. The minimum atomic E-state index is -0.0947. The SMILES string of the molecule is N#Cc1cccnc1N1CCN(C(C(=O)C2CCCCC2)C2CCc3ccccc3N2)CC1. The van der Waals surface area contributed by atoms with Crippen LogP contribution in [0, 0.1) is 17.2 Å². The fourth-order valence-corrected chi connectivity index (χ4v) is 5.91. The molecule has 2 aromatic rings. The molecule has 1 aromatic heterocycles. The topological polar surface area (TPSA) is 72.3 Å². The molecule has 0 bridgehead atoms. The number of fused-ring (bicyclic) bond motifs is 1. The van der Waals surface area contributed by atoms with E-state index in [1.54, 1.807) is 6.20 Å². The van der Waals surface area contributed by atoms with E-state index in [9.17, 15) is 10.1 Å². The standard InChI is InChI=1S/C27H33N5O/c28-19-22-10-6-14-29-27(22)32-17-15-31(16-18-32)25(26(33)21-8-2-1-3-9-21)24-13-12-20-7-4-5-11-23(20)30-24/h4-7,10-11,14,21,24-25,30H,1-3,8-9,12-13,15-18H2. The van der Waals surface area contributed by atoms with Crippen LogP contribution < -0.4 is 10.2 Å². The summed E-state index contributed by atoms with van der Waals surface area (Å²) in [6.07, 6.45) is 9.44. The third-order valence-electron chi connectivity index (χ3n) is 7.68. The van der Waals surface area contributed by atoms with Crippen LogP contribution in [0.5, 0.6) is 0 Å². The number of nitriles is 1. The molecule has 2 fully saturated rings. The van der Waals surface area contributed by atoms with Crippen molar-refractivity contribution < 1.29 is 4.79 Å². The van der Waals surface area contributed by atoms with Gasteiger partial charge in [0.05, 0.1) is 11.6 Å². The van der Waals surface area contributed by atoms with Gasteiger partial charge >= 0.3 is 0 Å². The van der Waals surface area contributed by atoms with Crippen molar-refractivity contribution >= 4 is 17.3 Å². The first-order valence-corrected chi connectivity index (χ1v) is 12.5. The van der Waals surface area contributed by atoms with E-state index in [1.165, 1.54) is 30.5 Å². The number of Topliss-reactive ketones (excluding diaryl/α,β-unsaturated/α-hetero) is 1. The van der Waals surface area contributed by atoms with Gasteiger partial charge in [0.15, 0.2) is 5.78 Å². The number of rotatable bonds is 5. The predicted molar refractivity (Wildman–Crippen MR) is 130 cm³/mol. The normalized spacial score (nSPS) is 22.6. The fourth-order valence-electron chi connectivity index (χ4n) is 5.91. The molecular weight excluding hydrogens is 410 g/mol. The second kappa shape index (κ2) is 9.93. The molecule has 172 valence electrons. The van der Waals surface area contributed by atoms with Crippen molar-refractivity contribution in [3.63, 3.8) is 0 Å². The molecule has 1 saturated carbocycles. The Morgan fingerprint density at radius 3 is 2.61 bits per heavy atom. The molecule has 2 unspecified atom stereocenters. The quantitative estimate of drug-likeness (QED) is 0.753. The Hall–Kier alpha value is -2.91. The van der Waals surface area contributed by atoms with Gasteiger partial charge in [-0.15, -0.1) is 0 Å². The number of para-hydroxylation sites is 1. The lowest BCUT2D eigenvalue weighted by atomic mass is 9.80. The minimum absolute atomic E-state index is 0.0947. The maximum Gasteiger partial charge on any atom is 0.155 e. The zero-order chi connectivity index (χ0) is 22.6. The van der Waals surface area contributed by atoms with Crippen LogP contribution in [0.15, 0.2) is 42.6 Å². The van der Waals surface area contributed by atoms with Gasteiger partial charge in [0.1, 0.15) is 11.9 Å². The minimum Gasteiger partial charge on any atom is -0.380 e.